The summed E-state index contributed by atoms with van der Waals surface area (Å²) in [4.78, 5) is 34.7. The van der Waals surface area contributed by atoms with Gasteiger partial charge in [-0.3, -0.25) is 14.2 Å². The highest BCUT2D eigenvalue weighted by Crippen LogP contribution is 2.17. The van der Waals surface area contributed by atoms with Crippen molar-refractivity contribution >= 4 is 16.8 Å². The molecule has 0 saturated carbocycles. The average Bonchev–Trinajstić information content (AvgIpc) is 2.93. The molecule has 2 aliphatic rings. The fourth-order valence-corrected chi connectivity index (χ4v) is 4.00. The number of benzene rings is 1. The molecule has 0 atom stereocenters. The van der Waals surface area contributed by atoms with Gasteiger partial charge in [-0.25, -0.2) is 4.98 Å². The number of aromatic nitrogens is 2. The van der Waals surface area contributed by atoms with Crippen molar-refractivity contribution in [3.63, 3.8) is 0 Å². The highest BCUT2D eigenvalue weighted by atomic mass is 16.2. The van der Waals surface area contributed by atoms with Crippen LogP contribution >= 0.6 is 0 Å². The van der Waals surface area contributed by atoms with Crippen molar-refractivity contribution in [1.82, 2.24) is 19.4 Å². The lowest BCUT2D eigenvalue weighted by atomic mass is 10.1. The Morgan fingerprint density at radius 1 is 1.08 bits per heavy atom. The van der Waals surface area contributed by atoms with E-state index in [1.807, 2.05) is 9.47 Å². The molecule has 0 aliphatic carbocycles. The summed E-state index contributed by atoms with van der Waals surface area (Å²) >= 11 is 0. The first-order chi connectivity index (χ1) is 12.7. The van der Waals surface area contributed by atoms with Crippen LogP contribution in [0.15, 0.2) is 23.0 Å². The SMILES string of the molecule is CCN1CCN(C(=O)c2ccc3c(=O)n4c(nc3c2)CCCCC4)CC1. The van der Waals surface area contributed by atoms with E-state index >= 15 is 0 Å². The second-order valence-corrected chi connectivity index (χ2v) is 7.25. The predicted octanol–water partition coefficient (Wildman–Crippen LogP) is 1.90. The third-order valence-electron chi connectivity index (χ3n) is 5.67. The molecular weight excluding hydrogens is 328 g/mol. The first-order valence-corrected chi connectivity index (χ1v) is 9.72. The van der Waals surface area contributed by atoms with E-state index in [0.29, 0.717) is 16.5 Å². The highest BCUT2D eigenvalue weighted by Gasteiger charge is 2.22. The molecule has 0 N–H and O–H groups in total. The zero-order valence-electron chi connectivity index (χ0n) is 15.4. The van der Waals surface area contributed by atoms with Gasteiger partial charge in [-0.1, -0.05) is 13.3 Å². The average molecular weight is 354 g/mol. The van der Waals surface area contributed by atoms with Crippen LogP contribution in [0.2, 0.25) is 0 Å². The largest absolute Gasteiger partial charge is 0.336 e. The van der Waals surface area contributed by atoms with Gasteiger partial charge >= 0.3 is 0 Å². The Bertz CT molecular complexity index is 881. The van der Waals surface area contributed by atoms with E-state index in [4.69, 9.17) is 4.98 Å². The molecule has 1 aromatic carbocycles. The maximum absolute atomic E-state index is 12.9. The minimum Gasteiger partial charge on any atom is -0.336 e. The van der Waals surface area contributed by atoms with Gasteiger partial charge in [0.1, 0.15) is 5.82 Å². The number of hydrogen-bond donors (Lipinski definition) is 0. The predicted molar refractivity (Wildman–Crippen MR) is 102 cm³/mol. The number of carbonyl (C=O) groups is 1. The van der Waals surface area contributed by atoms with E-state index in [2.05, 4.69) is 11.8 Å². The number of amides is 1. The molecular formula is C20H26N4O2. The van der Waals surface area contributed by atoms with Gasteiger partial charge in [0.2, 0.25) is 0 Å². The van der Waals surface area contributed by atoms with Crippen molar-refractivity contribution in [3.05, 3.63) is 39.9 Å². The first-order valence-electron chi connectivity index (χ1n) is 9.72. The van der Waals surface area contributed by atoms with E-state index in [1.54, 1.807) is 18.2 Å². The Morgan fingerprint density at radius 3 is 2.65 bits per heavy atom. The van der Waals surface area contributed by atoms with Gasteiger partial charge in [0, 0.05) is 44.7 Å². The lowest BCUT2D eigenvalue weighted by molar-refractivity contribution is 0.0643. The normalized spacial score (nSPS) is 18.6. The van der Waals surface area contributed by atoms with Gasteiger partial charge in [-0.15, -0.1) is 0 Å². The number of likely N-dealkylation sites (N-methyl/N-ethyl adjacent to an activating group) is 1. The maximum Gasteiger partial charge on any atom is 0.261 e. The van der Waals surface area contributed by atoms with Gasteiger partial charge in [-0.2, -0.15) is 0 Å². The zero-order valence-corrected chi connectivity index (χ0v) is 15.4. The molecule has 1 amide bonds. The molecule has 4 rings (SSSR count). The van der Waals surface area contributed by atoms with E-state index in [0.717, 1.165) is 70.8 Å². The summed E-state index contributed by atoms with van der Waals surface area (Å²) in [6.07, 6.45) is 4.06. The lowest BCUT2D eigenvalue weighted by Gasteiger charge is -2.34. The fourth-order valence-electron chi connectivity index (χ4n) is 4.00. The minimum atomic E-state index is 0.0301. The molecule has 2 aliphatic heterocycles. The topological polar surface area (TPSA) is 58.4 Å². The standard InChI is InChI=1S/C20H26N4O2/c1-2-22-10-12-23(13-11-22)19(25)15-7-8-16-17(14-15)21-18-6-4-3-5-9-24(18)20(16)26/h7-8,14H,2-6,9-13H2,1H3. The number of piperazine rings is 1. The number of hydrogen-bond acceptors (Lipinski definition) is 4. The highest BCUT2D eigenvalue weighted by molar-refractivity contribution is 5.97. The maximum atomic E-state index is 12.9. The fraction of sp³-hybridized carbons (Fsp3) is 0.550. The zero-order chi connectivity index (χ0) is 18.1. The van der Waals surface area contributed by atoms with E-state index in [1.165, 1.54) is 0 Å². The van der Waals surface area contributed by atoms with Gasteiger partial charge in [-0.05, 0) is 37.6 Å². The molecule has 1 fully saturated rings. The summed E-state index contributed by atoms with van der Waals surface area (Å²) in [6, 6.07) is 5.36. The number of carbonyl (C=O) groups excluding carboxylic acids is 1. The van der Waals surface area contributed by atoms with Crippen LogP contribution in [-0.4, -0.2) is 58.0 Å². The summed E-state index contributed by atoms with van der Waals surface area (Å²) in [5, 5.41) is 0.614. The third-order valence-corrected chi connectivity index (χ3v) is 5.67. The van der Waals surface area contributed by atoms with Crippen LogP contribution in [-0.2, 0) is 13.0 Å². The Labute approximate surface area is 153 Å². The van der Waals surface area contributed by atoms with Crippen molar-refractivity contribution in [3.8, 4) is 0 Å². The van der Waals surface area contributed by atoms with Crippen molar-refractivity contribution in [1.29, 1.82) is 0 Å². The molecule has 0 radical (unpaired) electrons. The van der Waals surface area contributed by atoms with Crippen molar-refractivity contribution in [2.24, 2.45) is 0 Å². The van der Waals surface area contributed by atoms with Crippen LogP contribution in [0, 0.1) is 0 Å². The van der Waals surface area contributed by atoms with Gasteiger partial charge in [0.25, 0.3) is 11.5 Å². The first kappa shape index (κ1) is 17.2. The molecule has 0 unspecified atom stereocenters. The summed E-state index contributed by atoms with van der Waals surface area (Å²) in [7, 11) is 0. The monoisotopic (exact) mass is 354 g/mol. The number of fused-ring (bicyclic) bond motifs is 2. The Kier molecular flexibility index (Phi) is 4.76. The molecule has 1 aromatic heterocycles. The van der Waals surface area contributed by atoms with Crippen LogP contribution in [0.4, 0.5) is 0 Å². The summed E-state index contributed by atoms with van der Waals surface area (Å²) in [5.74, 6) is 0.903. The van der Waals surface area contributed by atoms with Crippen molar-refractivity contribution in [2.75, 3.05) is 32.7 Å². The Balaban J connectivity index is 1.65. The summed E-state index contributed by atoms with van der Waals surface area (Å²) in [5.41, 5.74) is 1.32. The van der Waals surface area contributed by atoms with E-state index in [-0.39, 0.29) is 11.5 Å². The lowest BCUT2D eigenvalue weighted by Crippen LogP contribution is -2.48. The van der Waals surface area contributed by atoms with Crippen LogP contribution < -0.4 is 5.56 Å². The van der Waals surface area contributed by atoms with Gasteiger partial charge < -0.3 is 9.80 Å². The molecule has 0 spiro atoms. The van der Waals surface area contributed by atoms with Crippen LogP contribution in [0.3, 0.4) is 0 Å². The number of rotatable bonds is 2. The van der Waals surface area contributed by atoms with E-state index in [9.17, 15) is 9.59 Å². The molecule has 138 valence electrons. The molecule has 0 bridgehead atoms. The quantitative estimate of drug-likeness (QED) is 0.827. The molecule has 1 saturated heterocycles. The minimum absolute atomic E-state index is 0.0301. The van der Waals surface area contributed by atoms with E-state index < -0.39 is 0 Å². The number of aryl methyl sites for hydroxylation is 1. The smallest absolute Gasteiger partial charge is 0.261 e. The van der Waals surface area contributed by atoms with Crippen LogP contribution in [0.25, 0.3) is 10.9 Å². The van der Waals surface area contributed by atoms with Crippen LogP contribution in [0.1, 0.15) is 42.4 Å². The van der Waals surface area contributed by atoms with Gasteiger partial charge in [0.05, 0.1) is 10.9 Å². The second-order valence-electron chi connectivity index (χ2n) is 7.25. The van der Waals surface area contributed by atoms with Crippen molar-refractivity contribution < 1.29 is 4.79 Å². The Hall–Kier alpha value is -2.21. The summed E-state index contributed by atoms with van der Waals surface area (Å²) in [6.45, 7) is 7.27. The number of nitrogens with zero attached hydrogens (tertiary/aromatic N) is 4. The molecule has 2 aromatic rings. The summed E-state index contributed by atoms with van der Waals surface area (Å²) < 4.78 is 1.82. The van der Waals surface area contributed by atoms with Crippen molar-refractivity contribution in [2.45, 2.75) is 39.2 Å². The molecule has 6 nitrogen and oxygen atoms in total. The molecule has 26 heavy (non-hydrogen) atoms. The Morgan fingerprint density at radius 2 is 1.88 bits per heavy atom. The molecule has 3 heterocycles. The third kappa shape index (κ3) is 3.14. The van der Waals surface area contributed by atoms with Crippen LogP contribution in [0.5, 0.6) is 0 Å². The molecule has 6 heteroatoms. The van der Waals surface area contributed by atoms with Gasteiger partial charge in [0.15, 0.2) is 0 Å². The second kappa shape index (κ2) is 7.19.